The topological polar surface area (TPSA) is 66.8 Å². The van der Waals surface area contributed by atoms with Gasteiger partial charge < -0.3 is 14.9 Å². The Balaban J connectivity index is 1.44. The van der Waals surface area contributed by atoms with Crippen LogP contribution < -0.4 is 0 Å². The zero-order valence-corrected chi connectivity index (χ0v) is 17.0. The van der Waals surface area contributed by atoms with E-state index in [1.54, 1.807) is 0 Å². The monoisotopic (exact) mass is 376 g/mol. The first kappa shape index (κ1) is 18.4. The average molecular weight is 377 g/mol. The molecule has 9 atom stereocenters. The van der Waals surface area contributed by atoms with Gasteiger partial charge >= 0.3 is 5.97 Å². The van der Waals surface area contributed by atoms with E-state index >= 15 is 0 Å². The molecule has 0 aromatic heterocycles. The molecule has 5 aliphatic rings. The number of aliphatic hydroxyl groups is 2. The molecule has 0 amide bonds. The van der Waals surface area contributed by atoms with Crippen molar-refractivity contribution in [2.45, 2.75) is 89.8 Å². The lowest BCUT2D eigenvalue weighted by molar-refractivity contribution is -0.213. The van der Waals surface area contributed by atoms with Gasteiger partial charge in [-0.25, -0.2) is 0 Å². The molecule has 4 nitrogen and oxygen atoms in total. The van der Waals surface area contributed by atoms with Crippen LogP contribution in [0.5, 0.6) is 0 Å². The molecule has 2 N–H and O–H groups in total. The van der Waals surface area contributed by atoms with E-state index in [1.165, 1.54) is 6.42 Å². The first-order chi connectivity index (χ1) is 12.8. The quantitative estimate of drug-likeness (QED) is 0.685. The van der Waals surface area contributed by atoms with Gasteiger partial charge in [0.1, 0.15) is 0 Å². The van der Waals surface area contributed by atoms with Crippen LogP contribution in [0, 0.1) is 40.4 Å². The van der Waals surface area contributed by atoms with Crippen LogP contribution in [0.2, 0.25) is 0 Å². The van der Waals surface area contributed by atoms with Crippen LogP contribution in [0.15, 0.2) is 0 Å². The Morgan fingerprint density at radius 2 is 1.74 bits per heavy atom. The van der Waals surface area contributed by atoms with Gasteiger partial charge in [0.15, 0.2) is 0 Å². The normalized spacial score (nSPS) is 57.6. The zero-order valence-electron chi connectivity index (χ0n) is 17.0. The van der Waals surface area contributed by atoms with Gasteiger partial charge in [-0.05, 0) is 92.3 Å². The van der Waals surface area contributed by atoms with Crippen molar-refractivity contribution in [3.8, 4) is 0 Å². The zero-order chi connectivity index (χ0) is 19.0. The Morgan fingerprint density at radius 3 is 2.48 bits per heavy atom. The molecule has 152 valence electrons. The molecule has 0 bridgehead atoms. The second-order valence-electron chi connectivity index (χ2n) is 11.1. The van der Waals surface area contributed by atoms with Crippen LogP contribution in [-0.2, 0) is 9.53 Å². The van der Waals surface area contributed by atoms with Gasteiger partial charge in [0.2, 0.25) is 0 Å². The van der Waals surface area contributed by atoms with E-state index in [4.69, 9.17) is 4.74 Å². The number of carbonyl (C=O) groups excluding carboxylic acids is 1. The third-order valence-electron chi connectivity index (χ3n) is 10.4. The number of cyclic esters (lactones) is 1. The minimum atomic E-state index is -0.587. The molecule has 0 spiro atoms. The summed E-state index contributed by atoms with van der Waals surface area (Å²) in [4.78, 5) is 11.7. The molecule has 0 radical (unpaired) electrons. The summed E-state index contributed by atoms with van der Waals surface area (Å²) in [7, 11) is 0. The van der Waals surface area contributed by atoms with E-state index < -0.39 is 5.60 Å². The summed E-state index contributed by atoms with van der Waals surface area (Å²) in [6.45, 7) is 5.34. The number of hydrogen-bond donors (Lipinski definition) is 2. The van der Waals surface area contributed by atoms with E-state index in [-0.39, 0.29) is 22.9 Å². The van der Waals surface area contributed by atoms with Crippen molar-refractivity contribution in [1.82, 2.24) is 0 Å². The molecule has 1 unspecified atom stereocenters. The van der Waals surface area contributed by atoms with Gasteiger partial charge in [-0.3, -0.25) is 4.79 Å². The molecule has 4 saturated carbocycles. The second kappa shape index (κ2) is 5.95. The smallest absolute Gasteiger partial charge is 0.306 e. The fraction of sp³-hybridized carbons (Fsp3) is 0.957. The molecule has 5 fully saturated rings. The molecule has 0 aromatic carbocycles. The molecular formula is C23H36O4. The molecule has 1 heterocycles. The summed E-state index contributed by atoms with van der Waals surface area (Å²) in [6.07, 6.45) is 9.89. The summed E-state index contributed by atoms with van der Waals surface area (Å²) in [5, 5.41) is 22.3. The Morgan fingerprint density at radius 1 is 0.963 bits per heavy atom. The molecule has 4 aliphatic carbocycles. The minimum Gasteiger partial charge on any atom is -0.465 e. The van der Waals surface area contributed by atoms with Crippen molar-refractivity contribution < 1.29 is 19.7 Å². The molecule has 1 aliphatic heterocycles. The SMILES string of the molecule is C[C@]12CC[C@H](O)C[C@H]1CC[C@@H]1[C@@H]2CC[C@]2(C)[C@@H](C3COC(=O)C3)CC[C@]12O. The highest BCUT2D eigenvalue weighted by Crippen LogP contribution is 2.70. The Hall–Kier alpha value is -0.610. The fourth-order valence-electron chi connectivity index (χ4n) is 8.79. The van der Waals surface area contributed by atoms with Crippen LogP contribution in [0.3, 0.4) is 0 Å². The highest BCUT2D eigenvalue weighted by molar-refractivity contribution is 5.71. The number of hydrogen-bond acceptors (Lipinski definition) is 4. The van der Waals surface area contributed by atoms with Gasteiger partial charge in [0.25, 0.3) is 0 Å². The average Bonchev–Trinajstić information content (AvgIpc) is 3.16. The van der Waals surface area contributed by atoms with Gasteiger partial charge in [-0.1, -0.05) is 13.8 Å². The number of esters is 1. The Bertz CT molecular complexity index is 634. The molecule has 0 aromatic rings. The van der Waals surface area contributed by atoms with E-state index in [1.807, 2.05) is 0 Å². The predicted molar refractivity (Wildman–Crippen MR) is 102 cm³/mol. The summed E-state index contributed by atoms with van der Waals surface area (Å²) in [5.41, 5.74) is -0.385. The first-order valence-electron chi connectivity index (χ1n) is 11.3. The predicted octanol–water partition coefficient (Wildman–Crippen LogP) is 3.68. The highest BCUT2D eigenvalue weighted by atomic mass is 16.5. The van der Waals surface area contributed by atoms with Crippen LogP contribution in [0.1, 0.15) is 78.1 Å². The molecule has 1 saturated heterocycles. The van der Waals surface area contributed by atoms with E-state index in [0.717, 1.165) is 51.4 Å². The van der Waals surface area contributed by atoms with Crippen LogP contribution >= 0.6 is 0 Å². The van der Waals surface area contributed by atoms with Crippen LogP contribution in [0.4, 0.5) is 0 Å². The summed E-state index contributed by atoms with van der Waals surface area (Å²) < 4.78 is 5.29. The Labute approximate surface area is 163 Å². The Kier molecular flexibility index (Phi) is 4.06. The number of fused-ring (bicyclic) bond motifs is 5. The molecule has 27 heavy (non-hydrogen) atoms. The number of rotatable bonds is 1. The lowest BCUT2D eigenvalue weighted by Gasteiger charge is -2.63. The molecular weight excluding hydrogens is 340 g/mol. The van der Waals surface area contributed by atoms with Crippen molar-refractivity contribution in [2.24, 2.45) is 40.4 Å². The summed E-state index contributed by atoms with van der Waals surface area (Å²) in [5.74, 6) is 2.24. The van der Waals surface area contributed by atoms with E-state index in [9.17, 15) is 15.0 Å². The van der Waals surface area contributed by atoms with Crippen molar-refractivity contribution in [3.63, 3.8) is 0 Å². The van der Waals surface area contributed by atoms with E-state index in [0.29, 0.717) is 42.6 Å². The van der Waals surface area contributed by atoms with Crippen molar-refractivity contribution in [2.75, 3.05) is 6.61 Å². The van der Waals surface area contributed by atoms with Crippen molar-refractivity contribution in [3.05, 3.63) is 0 Å². The molecule has 4 heteroatoms. The standard InChI is InChI=1S/C23H36O4/c1-21-8-5-16(24)12-15(21)3-4-19-18(21)6-9-22(2)17(7-10-23(19,22)26)14-11-20(25)27-13-14/h14-19,24,26H,3-13H2,1-2H3/t14?,15-,16+,17-,18+,19-,21+,22-,23+/m1/s1. The minimum absolute atomic E-state index is 0.0542. The largest absolute Gasteiger partial charge is 0.465 e. The first-order valence-corrected chi connectivity index (χ1v) is 11.3. The second-order valence-corrected chi connectivity index (χ2v) is 11.1. The molecule has 5 rings (SSSR count). The third kappa shape index (κ3) is 2.38. The van der Waals surface area contributed by atoms with Gasteiger partial charge in [-0.15, -0.1) is 0 Å². The lowest BCUT2D eigenvalue weighted by Crippen LogP contribution is -2.62. The highest BCUT2D eigenvalue weighted by Gasteiger charge is 2.68. The van der Waals surface area contributed by atoms with Crippen molar-refractivity contribution in [1.29, 1.82) is 0 Å². The maximum atomic E-state index is 12.1. The summed E-state index contributed by atoms with van der Waals surface area (Å²) in [6, 6.07) is 0. The van der Waals surface area contributed by atoms with Crippen LogP contribution in [-0.4, -0.2) is 34.5 Å². The van der Waals surface area contributed by atoms with Crippen LogP contribution in [0.25, 0.3) is 0 Å². The lowest BCUT2D eigenvalue weighted by atomic mass is 9.43. The number of carbonyl (C=O) groups is 1. The van der Waals surface area contributed by atoms with E-state index in [2.05, 4.69) is 13.8 Å². The maximum absolute atomic E-state index is 12.1. The maximum Gasteiger partial charge on any atom is 0.306 e. The van der Waals surface area contributed by atoms with Crippen molar-refractivity contribution >= 4 is 5.97 Å². The fourth-order valence-corrected chi connectivity index (χ4v) is 8.79. The third-order valence-corrected chi connectivity index (χ3v) is 10.4. The number of ether oxygens (including phenoxy) is 1. The van der Waals surface area contributed by atoms with Gasteiger partial charge in [0.05, 0.1) is 24.7 Å². The summed E-state index contributed by atoms with van der Waals surface area (Å²) >= 11 is 0. The van der Waals surface area contributed by atoms with Gasteiger partial charge in [0, 0.05) is 5.92 Å². The van der Waals surface area contributed by atoms with Gasteiger partial charge in [-0.2, -0.15) is 0 Å². The number of aliphatic hydroxyl groups excluding tert-OH is 1.